The molecule has 74 valence electrons. The molecule has 2 N–H and O–H groups in total. The molecule has 0 aliphatic heterocycles. The van der Waals surface area contributed by atoms with Crippen molar-refractivity contribution >= 4 is 18.6 Å². The van der Waals surface area contributed by atoms with Crippen LogP contribution in [-0.2, 0) is 4.74 Å². The van der Waals surface area contributed by atoms with Crippen LogP contribution in [0.2, 0.25) is 0 Å². The number of carbonyl (C=O) groups is 1. The lowest BCUT2D eigenvalue weighted by atomic mass is 9.76. The summed E-state index contributed by atoms with van der Waals surface area (Å²) >= 11 is 0. The van der Waals surface area contributed by atoms with E-state index in [4.69, 9.17) is 14.2 Å². The molecule has 0 radical (unpaired) electrons. The average Bonchev–Trinajstić information content (AvgIpc) is 2.25. The summed E-state index contributed by atoms with van der Waals surface area (Å²) in [6.07, 6.45) is 0. The molecule has 0 heterocycles. The number of hydrogen-bond acceptors (Lipinski definition) is 4. The standard InChI is InChI=1S/C9H11BO4/c1-6-3-4-7(9(11)14-2)8(5-6)10(12)13/h3-5,12-13H,1-2H3/i1D3. The minimum atomic E-state index is -2.38. The Morgan fingerprint density at radius 2 is 2.29 bits per heavy atom. The normalized spacial score (nSPS) is 13.8. The molecule has 5 heteroatoms. The third kappa shape index (κ3) is 2.13. The van der Waals surface area contributed by atoms with Crippen LogP contribution < -0.4 is 5.46 Å². The van der Waals surface area contributed by atoms with E-state index < -0.39 is 19.9 Å². The van der Waals surface area contributed by atoms with Gasteiger partial charge < -0.3 is 14.8 Å². The molecule has 0 bridgehead atoms. The zero-order chi connectivity index (χ0) is 13.2. The first-order valence-corrected chi connectivity index (χ1v) is 3.86. The highest BCUT2D eigenvalue weighted by Crippen LogP contribution is 2.03. The van der Waals surface area contributed by atoms with Crippen molar-refractivity contribution < 1.29 is 23.7 Å². The van der Waals surface area contributed by atoms with Gasteiger partial charge >= 0.3 is 13.1 Å². The lowest BCUT2D eigenvalue weighted by Gasteiger charge is -2.07. The molecule has 0 aliphatic carbocycles. The molecule has 0 saturated carbocycles. The molecule has 1 aromatic carbocycles. The number of esters is 1. The average molecular weight is 197 g/mol. The molecule has 0 spiro atoms. The van der Waals surface area contributed by atoms with Crippen LogP contribution >= 0.6 is 0 Å². The summed E-state index contributed by atoms with van der Waals surface area (Å²) in [5, 5.41) is 18.2. The van der Waals surface area contributed by atoms with Crippen molar-refractivity contribution in [1.29, 1.82) is 0 Å². The van der Waals surface area contributed by atoms with Gasteiger partial charge in [0.2, 0.25) is 0 Å². The Labute approximate surface area is 86.5 Å². The predicted molar refractivity (Wildman–Crippen MR) is 52.3 cm³/mol. The zero-order valence-electron chi connectivity index (χ0n) is 10.5. The van der Waals surface area contributed by atoms with Crippen molar-refractivity contribution in [2.45, 2.75) is 6.85 Å². The van der Waals surface area contributed by atoms with Crippen molar-refractivity contribution in [1.82, 2.24) is 0 Å². The number of carbonyl (C=O) groups excluding carboxylic acids is 1. The number of ether oxygens (including phenoxy) is 1. The molecule has 0 saturated heterocycles. The van der Waals surface area contributed by atoms with Gasteiger partial charge in [-0.05, 0) is 18.4 Å². The highest BCUT2D eigenvalue weighted by Gasteiger charge is 2.20. The fourth-order valence-electron chi connectivity index (χ4n) is 1.07. The predicted octanol–water partition coefficient (Wildman–Crippen LogP) is -0.539. The molecule has 0 aromatic heterocycles. The second-order valence-corrected chi connectivity index (χ2v) is 2.67. The molecule has 0 atom stereocenters. The van der Waals surface area contributed by atoms with Crippen LogP contribution in [0.5, 0.6) is 0 Å². The maximum Gasteiger partial charge on any atom is 0.489 e. The number of methoxy groups -OCH3 is 1. The molecule has 0 aliphatic rings. The Hall–Kier alpha value is -1.33. The molecule has 4 nitrogen and oxygen atoms in total. The van der Waals surface area contributed by atoms with Gasteiger partial charge in [0.25, 0.3) is 0 Å². The van der Waals surface area contributed by atoms with Gasteiger partial charge in [-0.2, -0.15) is 0 Å². The van der Waals surface area contributed by atoms with E-state index in [1.807, 2.05) is 0 Å². The summed E-state index contributed by atoms with van der Waals surface area (Å²) in [6.45, 7) is -2.38. The van der Waals surface area contributed by atoms with Gasteiger partial charge in [0.1, 0.15) is 0 Å². The van der Waals surface area contributed by atoms with Gasteiger partial charge in [-0.1, -0.05) is 17.7 Å². The van der Waals surface area contributed by atoms with E-state index in [-0.39, 0.29) is 16.6 Å². The second-order valence-electron chi connectivity index (χ2n) is 2.67. The Morgan fingerprint density at radius 1 is 1.57 bits per heavy atom. The topological polar surface area (TPSA) is 66.8 Å². The first-order valence-electron chi connectivity index (χ1n) is 5.36. The molecule has 14 heavy (non-hydrogen) atoms. The molecule has 0 amide bonds. The Bertz CT molecular complexity index is 431. The quantitative estimate of drug-likeness (QED) is 0.493. The minimum Gasteiger partial charge on any atom is -0.465 e. The summed E-state index contributed by atoms with van der Waals surface area (Å²) in [6, 6.07) is 3.48. The van der Waals surface area contributed by atoms with Gasteiger partial charge in [0.05, 0.1) is 12.7 Å². The van der Waals surface area contributed by atoms with E-state index in [1.54, 1.807) is 0 Å². The third-order valence-electron chi connectivity index (χ3n) is 1.74. The lowest BCUT2D eigenvalue weighted by molar-refractivity contribution is 0.0601. The van der Waals surface area contributed by atoms with Gasteiger partial charge in [0.15, 0.2) is 0 Å². The molecular formula is C9H11BO4. The summed E-state index contributed by atoms with van der Waals surface area (Å²) in [4.78, 5) is 11.3. The highest BCUT2D eigenvalue weighted by atomic mass is 16.5. The number of hydrogen-bond donors (Lipinski definition) is 2. The van der Waals surface area contributed by atoms with Crippen molar-refractivity contribution in [2.24, 2.45) is 0 Å². The monoisotopic (exact) mass is 197 g/mol. The van der Waals surface area contributed by atoms with Crippen LogP contribution in [0.25, 0.3) is 0 Å². The third-order valence-corrected chi connectivity index (χ3v) is 1.74. The van der Waals surface area contributed by atoms with E-state index in [0.29, 0.717) is 0 Å². The minimum absolute atomic E-state index is 0.0736. The van der Waals surface area contributed by atoms with Crippen molar-refractivity contribution in [2.75, 3.05) is 7.11 Å². The van der Waals surface area contributed by atoms with Crippen molar-refractivity contribution in [3.8, 4) is 0 Å². The van der Waals surface area contributed by atoms with Crippen LogP contribution in [0, 0.1) is 6.85 Å². The van der Waals surface area contributed by atoms with E-state index in [1.165, 1.54) is 12.1 Å². The number of rotatable bonds is 2. The Balaban J connectivity index is 3.32. The molecule has 1 aromatic rings. The van der Waals surface area contributed by atoms with Gasteiger partial charge in [-0.15, -0.1) is 0 Å². The van der Waals surface area contributed by atoms with Crippen LogP contribution in [0.15, 0.2) is 18.2 Å². The van der Waals surface area contributed by atoms with E-state index in [9.17, 15) is 4.79 Å². The largest absolute Gasteiger partial charge is 0.489 e. The van der Waals surface area contributed by atoms with E-state index >= 15 is 0 Å². The van der Waals surface area contributed by atoms with Crippen LogP contribution in [0.3, 0.4) is 0 Å². The maximum atomic E-state index is 11.3. The van der Waals surface area contributed by atoms with Crippen LogP contribution in [0.1, 0.15) is 20.0 Å². The van der Waals surface area contributed by atoms with Gasteiger partial charge in [-0.25, -0.2) is 4.79 Å². The summed E-state index contributed by atoms with van der Waals surface area (Å²) < 4.78 is 26.0. The lowest BCUT2D eigenvalue weighted by Crippen LogP contribution is -2.35. The molecule has 1 rings (SSSR count). The highest BCUT2D eigenvalue weighted by molar-refractivity contribution is 6.60. The van der Waals surface area contributed by atoms with Crippen LogP contribution in [-0.4, -0.2) is 30.2 Å². The zero-order valence-corrected chi connectivity index (χ0v) is 7.52. The Kier molecular flexibility index (Phi) is 2.14. The maximum absolute atomic E-state index is 11.3. The Morgan fingerprint density at radius 3 is 2.79 bits per heavy atom. The summed E-state index contributed by atoms with van der Waals surface area (Å²) in [7, 11) is -0.792. The number of benzene rings is 1. The SMILES string of the molecule is [2H]C([2H])([2H])c1ccc(C(=O)OC)c(B(O)O)c1. The van der Waals surface area contributed by atoms with Crippen LogP contribution in [0.4, 0.5) is 0 Å². The summed E-state index contributed by atoms with van der Waals surface area (Å²) in [5.41, 5.74) is -0.339. The molecule has 0 unspecified atom stereocenters. The first kappa shape index (κ1) is 7.03. The smallest absolute Gasteiger partial charge is 0.465 e. The van der Waals surface area contributed by atoms with Crippen molar-refractivity contribution in [3.05, 3.63) is 29.3 Å². The first-order chi connectivity index (χ1) is 7.77. The second kappa shape index (κ2) is 4.26. The summed E-state index contributed by atoms with van der Waals surface area (Å²) in [5.74, 6) is -0.759. The van der Waals surface area contributed by atoms with Gasteiger partial charge in [0, 0.05) is 4.11 Å². The molecular weight excluding hydrogens is 183 g/mol. The van der Waals surface area contributed by atoms with E-state index in [2.05, 4.69) is 4.74 Å². The van der Waals surface area contributed by atoms with E-state index in [0.717, 1.165) is 13.2 Å². The van der Waals surface area contributed by atoms with Crippen molar-refractivity contribution in [3.63, 3.8) is 0 Å². The number of aryl methyl sites for hydroxylation is 1. The fraction of sp³-hybridized carbons (Fsp3) is 0.222. The fourth-order valence-corrected chi connectivity index (χ4v) is 1.07. The molecule has 0 fully saturated rings. The van der Waals surface area contributed by atoms with Gasteiger partial charge in [-0.3, -0.25) is 0 Å².